The molecule has 0 bridgehead atoms. The number of nitrogen functional groups attached to an aromatic ring is 1. The number of ether oxygens (including phenoxy) is 1. The first kappa shape index (κ1) is 14.9. The highest BCUT2D eigenvalue weighted by molar-refractivity contribution is 5.92. The zero-order valence-electron chi connectivity index (χ0n) is 12.7. The van der Waals surface area contributed by atoms with Crippen LogP contribution in [0.5, 0.6) is 5.75 Å². The third-order valence-electron chi connectivity index (χ3n) is 3.55. The Kier molecular flexibility index (Phi) is 3.89. The fraction of sp³-hybridized carbons (Fsp3) is 0.176. The Labute approximate surface area is 132 Å². The van der Waals surface area contributed by atoms with Crippen LogP contribution in [-0.4, -0.2) is 22.1 Å². The number of hydrogen-bond acceptors (Lipinski definition) is 4. The first-order valence-electron chi connectivity index (χ1n) is 7.33. The van der Waals surface area contributed by atoms with Crippen LogP contribution in [0, 0.1) is 0 Å². The van der Waals surface area contributed by atoms with Crippen molar-refractivity contribution in [2.45, 2.75) is 13.3 Å². The van der Waals surface area contributed by atoms with Crippen molar-refractivity contribution in [1.82, 2.24) is 9.55 Å². The highest BCUT2D eigenvalue weighted by atomic mass is 16.5. The summed E-state index contributed by atoms with van der Waals surface area (Å²) in [6.45, 7) is 2.50. The fourth-order valence-electron chi connectivity index (χ4n) is 2.49. The highest BCUT2D eigenvalue weighted by Crippen LogP contribution is 2.16. The molecular formula is C17H17N3O3. The van der Waals surface area contributed by atoms with E-state index in [0.717, 1.165) is 15.9 Å². The van der Waals surface area contributed by atoms with Crippen LogP contribution in [0.3, 0.4) is 0 Å². The fourth-order valence-corrected chi connectivity index (χ4v) is 2.49. The van der Waals surface area contributed by atoms with Gasteiger partial charge in [-0.1, -0.05) is 12.1 Å². The molecule has 0 amide bonds. The number of aromatic amines is 1. The SMILES string of the molecule is CCOc1ccc(CC(=O)n2c(=O)[nH]c3ccc(N)cc32)cc1. The van der Waals surface area contributed by atoms with E-state index in [2.05, 4.69) is 4.98 Å². The molecule has 0 atom stereocenters. The van der Waals surface area contributed by atoms with Crippen LogP contribution >= 0.6 is 0 Å². The largest absolute Gasteiger partial charge is 0.494 e. The molecule has 2 aromatic carbocycles. The third kappa shape index (κ3) is 2.96. The predicted molar refractivity (Wildman–Crippen MR) is 88.9 cm³/mol. The van der Waals surface area contributed by atoms with Gasteiger partial charge in [0.2, 0.25) is 5.91 Å². The minimum absolute atomic E-state index is 0.119. The Morgan fingerprint density at radius 3 is 2.65 bits per heavy atom. The second-order valence-electron chi connectivity index (χ2n) is 5.19. The zero-order chi connectivity index (χ0) is 16.4. The lowest BCUT2D eigenvalue weighted by molar-refractivity contribution is 0.0915. The minimum atomic E-state index is -0.457. The molecule has 0 saturated heterocycles. The average molecular weight is 311 g/mol. The molecular weight excluding hydrogens is 294 g/mol. The van der Waals surface area contributed by atoms with Gasteiger partial charge in [0.1, 0.15) is 5.75 Å². The smallest absolute Gasteiger partial charge is 0.333 e. The Morgan fingerprint density at radius 2 is 1.96 bits per heavy atom. The number of carbonyl (C=O) groups excluding carboxylic acids is 1. The van der Waals surface area contributed by atoms with E-state index >= 15 is 0 Å². The quantitative estimate of drug-likeness (QED) is 0.723. The van der Waals surface area contributed by atoms with Gasteiger partial charge in [0.25, 0.3) is 0 Å². The molecule has 0 spiro atoms. The molecule has 6 nitrogen and oxygen atoms in total. The van der Waals surface area contributed by atoms with Crippen molar-refractivity contribution in [3.05, 3.63) is 58.5 Å². The summed E-state index contributed by atoms with van der Waals surface area (Å²) in [5.41, 5.74) is 7.68. The number of fused-ring (bicyclic) bond motifs is 1. The topological polar surface area (TPSA) is 90.1 Å². The van der Waals surface area contributed by atoms with Crippen LogP contribution < -0.4 is 16.2 Å². The molecule has 0 aliphatic heterocycles. The van der Waals surface area contributed by atoms with Crippen LogP contribution in [-0.2, 0) is 6.42 Å². The van der Waals surface area contributed by atoms with Crippen molar-refractivity contribution < 1.29 is 9.53 Å². The molecule has 0 aliphatic carbocycles. The van der Waals surface area contributed by atoms with Crippen molar-refractivity contribution in [3.8, 4) is 5.75 Å². The molecule has 118 valence electrons. The molecule has 0 fully saturated rings. The molecule has 0 unspecified atom stereocenters. The summed E-state index contributed by atoms with van der Waals surface area (Å²) in [6.07, 6.45) is 0.119. The van der Waals surface area contributed by atoms with E-state index in [1.165, 1.54) is 0 Å². The van der Waals surface area contributed by atoms with Crippen molar-refractivity contribution in [2.24, 2.45) is 0 Å². The third-order valence-corrected chi connectivity index (χ3v) is 3.55. The van der Waals surface area contributed by atoms with Crippen molar-refractivity contribution in [1.29, 1.82) is 0 Å². The molecule has 0 radical (unpaired) electrons. The van der Waals surface area contributed by atoms with Crippen molar-refractivity contribution in [2.75, 3.05) is 12.3 Å². The lowest BCUT2D eigenvalue weighted by atomic mass is 10.1. The molecule has 0 saturated carbocycles. The van der Waals surface area contributed by atoms with Gasteiger partial charge in [-0.05, 0) is 42.8 Å². The number of carbonyl (C=O) groups is 1. The molecule has 1 heterocycles. The summed E-state index contributed by atoms with van der Waals surface area (Å²) in [5.74, 6) is 0.441. The highest BCUT2D eigenvalue weighted by Gasteiger charge is 2.14. The first-order chi connectivity index (χ1) is 11.1. The maximum absolute atomic E-state index is 12.5. The number of H-pyrrole nitrogens is 1. The lowest BCUT2D eigenvalue weighted by Crippen LogP contribution is -2.25. The molecule has 1 aromatic heterocycles. The van der Waals surface area contributed by atoms with E-state index in [1.54, 1.807) is 18.2 Å². The molecule has 23 heavy (non-hydrogen) atoms. The Balaban J connectivity index is 1.90. The number of aromatic nitrogens is 2. The van der Waals surface area contributed by atoms with Crippen LogP contribution in [0.2, 0.25) is 0 Å². The molecule has 3 N–H and O–H groups in total. The number of hydrogen-bond donors (Lipinski definition) is 2. The molecule has 6 heteroatoms. The van der Waals surface area contributed by atoms with E-state index in [1.807, 2.05) is 31.2 Å². The summed E-state index contributed by atoms with van der Waals surface area (Å²) in [6, 6.07) is 12.2. The van der Waals surface area contributed by atoms with Crippen molar-refractivity contribution >= 4 is 22.6 Å². The Morgan fingerprint density at radius 1 is 1.22 bits per heavy atom. The van der Waals surface area contributed by atoms with Gasteiger partial charge in [0.05, 0.1) is 24.1 Å². The van der Waals surface area contributed by atoms with Gasteiger partial charge in [0.15, 0.2) is 0 Å². The molecule has 3 rings (SSSR count). The number of anilines is 1. The number of imidazole rings is 1. The number of nitrogens with two attached hydrogens (primary N) is 1. The summed E-state index contributed by atoms with van der Waals surface area (Å²) in [4.78, 5) is 27.2. The van der Waals surface area contributed by atoms with Crippen LogP contribution in [0.25, 0.3) is 11.0 Å². The second-order valence-corrected chi connectivity index (χ2v) is 5.19. The lowest BCUT2D eigenvalue weighted by Gasteiger charge is -2.05. The Bertz CT molecular complexity index is 907. The van der Waals surface area contributed by atoms with Gasteiger partial charge in [-0.15, -0.1) is 0 Å². The van der Waals surface area contributed by atoms with Crippen LogP contribution in [0.4, 0.5) is 5.69 Å². The average Bonchev–Trinajstić information content (AvgIpc) is 2.84. The van der Waals surface area contributed by atoms with Gasteiger partial charge >= 0.3 is 5.69 Å². The van der Waals surface area contributed by atoms with E-state index < -0.39 is 5.69 Å². The zero-order valence-corrected chi connectivity index (χ0v) is 12.7. The van der Waals surface area contributed by atoms with E-state index in [-0.39, 0.29) is 12.3 Å². The standard InChI is InChI=1S/C17H17N3O3/c1-2-23-13-6-3-11(4-7-13)9-16(21)20-15-10-12(18)5-8-14(15)19-17(20)22/h3-8,10H,2,9,18H2,1H3,(H,19,22). The van der Waals surface area contributed by atoms with Gasteiger partial charge in [-0.25, -0.2) is 9.36 Å². The first-order valence-corrected chi connectivity index (χ1v) is 7.33. The number of nitrogens with one attached hydrogen (secondary N) is 1. The van der Waals surface area contributed by atoms with E-state index in [0.29, 0.717) is 23.3 Å². The van der Waals surface area contributed by atoms with Gasteiger partial charge in [0, 0.05) is 5.69 Å². The maximum Gasteiger partial charge on any atom is 0.333 e. The van der Waals surface area contributed by atoms with E-state index in [4.69, 9.17) is 10.5 Å². The van der Waals surface area contributed by atoms with Crippen LogP contribution in [0.15, 0.2) is 47.3 Å². The summed E-state index contributed by atoms with van der Waals surface area (Å²) in [5, 5.41) is 0. The number of benzene rings is 2. The number of nitrogens with zero attached hydrogens (tertiary/aromatic N) is 1. The van der Waals surface area contributed by atoms with Gasteiger partial charge in [-0.3, -0.25) is 4.79 Å². The predicted octanol–water partition coefficient (Wildman–Crippen LogP) is 2.19. The summed E-state index contributed by atoms with van der Waals surface area (Å²) in [7, 11) is 0. The Hall–Kier alpha value is -3.02. The molecule has 0 aliphatic rings. The van der Waals surface area contributed by atoms with Gasteiger partial charge < -0.3 is 15.5 Å². The number of rotatable bonds is 4. The summed E-state index contributed by atoms with van der Waals surface area (Å²) >= 11 is 0. The minimum Gasteiger partial charge on any atom is -0.494 e. The van der Waals surface area contributed by atoms with Crippen LogP contribution in [0.1, 0.15) is 17.3 Å². The normalized spacial score (nSPS) is 10.8. The van der Waals surface area contributed by atoms with E-state index in [9.17, 15) is 9.59 Å². The second kappa shape index (κ2) is 6.00. The molecule has 3 aromatic rings. The van der Waals surface area contributed by atoms with Gasteiger partial charge in [-0.2, -0.15) is 0 Å². The maximum atomic E-state index is 12.5. The summed E-state index contributed by atoms with van der Waals surface area (Å²) < 4.78 is 6.50. The van der Waals surface area contributed by atoms with Crippen molar-refractivity contribution in [3.63, 3.8) is 0 Å². The monoisotopic (exact) mass is 311 g/mol.